The molecule has 1 aliphatic heterocycles. The molecular formula is C19H18Cl2F4N2. The van der Waals surface area contributed by atoms with Crippen LogP contribution in [0.2, 0.25) is 10.0 Å². The smallest absolute Gasteiger partial charge is 0.314 e. The normalized spacial score (nSPS) is 20.4. The van der Waals surface area contributed by atoms with Crippen LogP contribution in [0.15, 0.2) is 36.4 Å². The van der Waals surface area contributed by atoms with E-state index in [9.17, 15) is 17.6 Å². The molecular weight excluding hydrogens is 403 g/mol. The predicted molar refractivity (Wildman–Crippen MR) is 98.7 cm³/mol. The van der Waals surface area contributed by atoms with Crippen LogP contribution < -0.4 is 5.32 Å². The predicted octanol–water partition coefficient (Wildman–Crippen LogP) is 5.34. The van der Waals surface area contributed by atoms with Gasteiger partial charge in [-0.05, 0) is 42.4 Å². The van der Waals surface area contributed by atoms with Crippen molar-refractivity contribution in [3.63, 3.8) is 0 Å². The SMILES string of the molecule is CN(Cc1ccc(C(F)(F)F)c(F)c1)[C@H]1CNC[C@@H]1c1ccc(Cl)c(Cl)c1. The molecule has 0 spiro atoms. The Bertz CT molecular complexity index is 826. The Hall–Kier alpha value is -1.34. The van der Waals surface area contributed by atoms with Crippen LogP contribution >= 0.6 is 23.2 Å². The van der Waals surface area contributed by atoms with Crippen molar-refractivity contribution in [1.29, 1.82) is 0 Å². The fourth-order valence-electron chi connectivity index (χ4n) is 3.50. The average Bonchev–Trinajstić information content (AvgIpc) is 3.06. The second kappa shape index (κ2) is 7.95. The molecule has 146 valence electrons. The van der Waals surface area contributed by atoms with E-state index in [1.54, 1.807) is 6.07 Å². The number of hydrogen-bond donors (Lipinski definition) is 1. The number of likely N-dealkylation sites (N-methyl/N-ethyl adjacent to an activating group) is 1. The number of halogens is 6. The maximum Gasteiger partial charge on any atom is 0.419 e. The highest BCUT2D eigenvalue weighted by Gasteiger charge is 2.35. The monoisotopic (exact) mass is 420 g/mol. The van der Waals surface area contributed by atoms with Gasteiger partial charge in [-0.3, -0.25) is 4.90 Å². The first-order valence-electron chi connectivity index (χ1n) is 8.38. The average molecular weight is 421 g/mol. The molecule has 2 atom stereocenters. The van der Waals surface area contributed by atoms with E-state index in [1.165, 1.54) is 6.07 Å². The summed E-state index contributed by atoms with van der Waals surface area (Å²) in [6.07, 6.45) is -4.69. The fourth-order valence-corrected chi connectivity index (χ4v) is 3.81. The van der Waals surface area contributed by atoms with Gasteiger partial charge < -0.3 is 5.32 Å². The third-order valence-corrected chi connectivity index (χ3v) is 5.63. The van der Waals surface area contributed by atoms with E-state index in [-0.39, 0.29) is 12.0 Å². The zero-order valence-corrected chi connectivity index (χ0v) is 16.0. The molecule has 0 radical (unpaired) electrons. The Morgan fingerprint density at radius 3 is 2.44 bits per heavy atom. The van der Waals surface area contributed by atoms with E-state index >= 15 is 0 Å². The lowest BCUT2D eigenvalue weighted by atomic mass is 9.93. The first kappa shape index (κ1) is 20.4. The van der Waals surface area contributed by atoms with Crippen LogP contribution in [0.5, 0.6) is 0 Å². The molecule has 2 aromatic carbocycles. The largest absolute Gasteiger partial charge is 0.419 e. The summed E-state index contributed by atoms with van der Waals surface area (Å²) in [4.78, 5) is 2.01. The molecule has 1 fully saturated rings. The van der Waals surface area contributed by atoms with Gasteiger partial charge in [0.2, 0.25) is 0 Å². The van der Waals surface area contributed by atoms with Gasteiger partial charge >= 0.3 is 6.18 Å². The summed E-state index contributed by atoms with van der Waals surface area (Å²) in [5.41, 5.74) is 0.276. The van der Waals surface area contributed by atoms with Crippen LogP contribution in [0.3, 0.4) is 0 Å². The van der Waals surface area contributed by atoms with Crippen LogP contribution in [0.1, 0.15) is 22.6 Å². The molecule has 0 saturated carbocycles. The molecule has 0 bridgehead atoms. The van der Waals surface area contributed by atoms with Crippen molar-refractivity contribution in [3.8, 4) is 0 Å². The molecule has 0 unspecified atom stereocenters. The van der Waals surface area contributed by atoms with Crippen LogP contribution in [-0.2, 0) is 12.7 Å². The van der Waals surface area contributed by atoms with Crippen molar-refractivity contribution in [2.45, 2.75) is 24.7 Å². The van der Waals surface area contributed by atoms with Crippen LogP contribution in [0, 0.1) is 5.82 Å². The number of nitrogens with one attached hydrogen (secondary N) is 1. The van der Waals surface area contributed by atoms with Gasteiger partial charge in [-0.25, -0.2) is 4.39 Å². The van der Waals surface area contributed by atoms with Crippen molar-refractivity contribution in [2.75, 3.05) is 20.1 Å². The first-order valence-corrected chi connectivity index (χ1v) is 9.14. The summed E-state index contributed by atoms with van der Waals surface area (Å²) in [6.45, 7) is 1.79. The summed E-state index contributed by atoms with van der Waals surface area (Å²) < 4.78 is 51.9. The van der Waals surface area contributed by atoms with Crippen molar-refractivity contribution in [2.24, 2.45) is 0 Å². The molecule has 0 aromatic heterocycles. The Morgan fingerprint density at radius 2 is 1.81 bits per heavy atom. The first-order chi connectivity index (χ1) is 12.7. The molecule has 1 aliphatic rings. The van der Waals surface area contributed by atoms with Crippen molar-refractivity contribution >= 4 is 23.2 Å². The zero-order valence-electron chi connectivity index (χ0n) is 14.5. The van der Waals surface area contributed by atoms with Crippen LogP contribution in [-0.4, -0.2) is 31.1 Å². The van der Waals surface area contributed by atoms with Gasteiger partial charge in [-0.1, -0.05) is 35.3 Å². The molecule has 0 amide bonds. The topological polar surface area (TPSA) is 15.3 Å². The van der Waals surface area contributed by atoms with Crippen molar-refractivity contribution in [3.05, 3.63) is 69.0 Å². The fraction of sp³-hybridized carbons (Fsp3) is 0.368. The molecule has 2 nitrogen and oxygen atoms in total. The minimum absolute atomic E-state index is 0.0904. The molecule has 1 N–H and O–H groups in total. The number of rotatable bonds is 4. The van der Waals surface area contributed by atoms with E-state index in [0.29, 0.717) is 28.7 Å². The quantitative estimate of drug-likeness (QED) is 0.671. The standard InChI is InChI=1S/C19H18Cl2F4N2/c1-27(10-11-2-4-14(17(22)6-11)19(23,24)25)18-9-26-8-13(18)12-3-5-15(20)16(21)7-12/h2-7,13,18,26H,8-10H2,1H3/t13-,18+/m1/s1. The van der Waals surface area contributed by atoms with Gasteiger partial charge in [0.1, 0.15) is 5.82 Å². The second-order valence-electron chi connectivity index (χ2n) is 6.73. The van der Waals surface area contributed by atoms with E-state index in [1.807, 2.05) is 24.1 Å². The lowest BCUT2D eigenvalue weighted by Crippen LogP contribution is -2.36. The third kappa shape index (κ3) is 4.57. The Labute approximate surface area is 165 Å². The van der Waals surface area contributed by atoms with Crippen LogP contribution in [0.25, 0.3) is 0 Å². The number of benzene rings is 2. The zero-order chi connectivity index (χ0) is 19.8. The summed E-state index contributed by atoms with van der Waals surface area (Å²) in [5.74, 6) is -1.11. The van der Waals surface area contributed by atoms with Gasteiger partial charge in [-0.15, -0.1) is 0 Å². The Balaban J connectivity index is 1.76. The van der Waals surface area contributed by atoms with Gasteiger partial charge in [0, 0.05) is 31.6 Å². The molecule has 3 rings (SSSR count). The summed E-state index contributed by atoms with van der Waals surface area (Å²) >= 11 is 12.1. The third-order valence-electron chi connectivity index (χ3n) is 4.89. The number of hydrogen-bond acceptors (Lipinski definition) is 2. The molecule has 27 heavy (non-hydrogen) atoms. The number of alkyl halides is 3. The minimum atomic E-state index is -4.69. The Kier molecular flexibility index (Phi) is 6.01. The van der Waals surface area contributed by atoms with Crippen LogP contribution in [0.4, 0.5) is 17.6 Å². The summed E-state index contributed by atoms with van der Waals surface area (Å²) in [7, 11) is 1.87. The van der Waals surface area contributed by atoms with Crippen molar-refractivity contribution in [1.82, 2.24) is 10.2 Å². The minimum Gasteiger partial charge on any atom is -0.314 e. The second-order valence-corrected chi connectivity index (χ2v) is 7.55. The molecule has 8 heteroatoms. The van der Waals surface area contributed by atoms with Gasteiger partial charge in [0.25, 0.3) is 0 Å². The highest BCUT2D eigenvalue weighted by Crippen LogP contribution is 2.33. The van der Waals surface area contributed by atoms with Gasteiger partial charge in [0.15, 0.2) is 0 Å². The molecule has 2 aromatic rings. The Morgan fingerprint density at radius 1 is 1.07 bits per heavy atom. The van der Waals surface area contributed by atoms with E-state index < -0.39 is 17.6 Å². The highest BCUT2D eigenvalue weighted by atomic mass is 35.5. The van der Waals surface area contributed by atoms with E-state index in [2.05, 4.69) is 5.32 Å². The maximum atomic E-state index is 13.8. The van der Waals surface area contributed by atoms with Crippen molar-refractivity contribution < 1.29 is 17.6 Å². The van der Waals surface area contributed by atoms with E-state index in [4.69, 9.17) is 23.2 Å². The number of nitrogens with zero attached hydrogens (tertiary/aromatic N) is 1. The lowest BCUT2D eigenvalue weighted by Gasteiger charge is -2.29. The van der Waals surface area contributed by atoms with Gasteiger partial charge in [-0.2, -0.15) is 13.2 Å². The highest BCUT2D eigenvalue weighted by molar-refractivity contribution is 6.42. The molecule has 1 saturated heterocycles. The summed E-state index contributed by atoms with van der Waals surface area (Å²) in [5, 5.41) is 4.28. The lowest BCUT2D eigenvalue weighted by molar-refractivity contribution is -0.140. The maximum absolute atomic E-state index is 13.8. The van der Waals surface area contributed by atoms with E-state index in [0.717, 1.165) is 24.2 Å². The summed E-state index contributed by atoms with van der Waals surface area (Å²) in [6, 6.07) is 8.66. The van der Waals surface area contributed by atoms with Gasteiger partial charge in [0.05, 0.1) is 15.6 Å². The molecule has 1 heterocycles. The molecule has 0 aliphatic carbocycles.